The van der Waals surface area contributed by atoms with Gasteiger partial charge >= 0.3 is 0 Å². The number of para-hydroxylation sites is 1. The normalized spacial score (nSPS) is 20.9. The minimum atomic E-state index is -0.954. The molecule has 7 nitrogen and oxygen atoms in total. The van der Waals surface area contributed by atoms with Gasteiger partial charge in [-0.15, -0.1) is 0 Å². The molecule has 2 heterocycles. The van der Waals surface area contributed by atoms with E-state index in [0.29, 0.717) is 35.4 Å². The van der Waals surface area contributed by atoms with Crippen LogP contribution in [0, 0.1) is 5.92 Å². The minimum absolute atomic E-state index is 0.318. The predicted octanol–water partition coefficient (Wildman–Crippen LogP) is 5.97. The first-order valence-corrected chi connectivity index (χ1v) is 12.9. The minimum Gasteiger partial charge on any atom is -0.490 e. The first-order chi connectivity index (χ1) is 18.0. The molecule has 2 fully saturated rings. The van der Waals surface area contributed by atoms with Crippen LogP contribution in [0.1, 0.15) is 38.3 Å². The van der Waals surface area contributed by atoms with Gasteiger partial charge in [0.2, 0.25) is 5.91 Å². The van der Waals surface area contributed by atoms with Crippen molar-refractivity contribution in [2.45, 2.75) is 38.8 Å². The van der Waals surface area contributed by atoms with Crippen molar-refractivity contribution in [3.63, 3.8) is 0 Å². The van der Waals surface area contributed by atoms with Gasteiger partial charge in [-0.05, 0) is 67.4 Å². The third kappa shape index (κ3) is 4.77. The van der Waals surface area contributed by atoms with Crippen molar-refractivity contribution in [3.05, 3.63) is 83.4 Å². The number of carbonyl (C=O) groups excluding carboxylic acids is 2. The van der Waals surface area contributed by atoms with Gasteiger partial charge in [0.15, 0.2) is 17.6 Å². The zero-order valence-corrected chi connectivity index (χ0v) is 21.6. The van der Waals surface area contributed by atoms with Crippen LogP contribution in [0.2, 0.25) is 5.02 Å². The highest BCUT2D eigenvalue weighted by molar-refractivity contribution is 6.31. The number of halogens is 1. The van der Waals surface area contributed by atoms with Crippen LogP contribution in [0.15, 0.2) is 72.8 Å². The summed E-state index contributed by atoms with van der Waals surface area (Å²) >= 11 is 6.03. The van der Waals surface area contributed by atoms with Crippen LogP contribution in [0.5, 0.6) is 11.5 Å². The van der Waals surface area contributed by atoms with Crippen molar-refractivity contribution in [2.24, 2.45) is 5.92 Å². The highest BCUT2D eigenvalue weighted by Crippen LogP contribution is 2.48. The van der Waals surface area contributed by atoms with E-state index in [4.69, 9.17) is 25.9 Å². The van der Waals surface area contributed by atoms with Crippen molar-refractivity contribution in [1.29, 1.82) is 0 Å². The van der Waals surface area contributed by atoms with Crippen molar-refractivity contribution in [1.82, 2.24) is 0 Å². The van der Waals surface area contributed by atoms with Gasteiger partial charge in [-0.1, -0.05) is 49.2 Å². The maximum atomic E-state index is 13.8. The van der Waals surface area contributed by atoms with Gasteiger partial charge in [0.25, 0.3) is 5.91 Å². The Morgan fingerprint density at radius 3 is 2.32 bits per heavy atom. The highest BCUT2D eigenvalue weighted by atomic mass is 35.5. The topological polar surface area (TPSA) is 68.3 Å². The largest absolute Gasteiger partial charge is 0.490 e. The van der Waals surface area contributed by atoms with Gasteiger partial charge in [0, 0.05) is 5.02 Å². The van der Waals surface area contributed by atoms with Gasteiger partial charge in [-0.25, -0.2) is 9.96 Å². The molecule has 192 valence electrons. The Morgan fingerprint density at radius 1 is 0.865 bits per heavy atom. The summed E-state index contributed by atoms with van der Waals surface area (Å²) in [6.07, 6.45) is 1.01. The molecule has 3 aromatic carbocycles. The summed E-state index contributed by atoms with van der Waals surface area (Å²) in [6, 6.07) is 21.2. The molecule has 37 heavy (non-hydrogen) atoms. The molecular weight excluding hydrogens is 492 g/mol. The lowest BCUT2D eigenvalue weighted by molar-refractivity contribution is -0.126. The molecule has 0 radical (unpaired) electrons. The monoisotopic (exact) mass is 520 g/mol. The van der Waals surface area contributed by atoms with Crippen LogP contribution < -0.4 is 19.4 Å². The third-order valence-corrected chi connectivity index (χ3v) is 6.83. The fraction of sp³-hybridized carbons (Fsp3) is 0.310. The van der Waals surface area contributed by atoms with Gasteiger partial charge in [-0.3, -0.25) is 14.4 Å². The molecule has 0 aromatic heterocycles. The summed E-state index contributed by atoms with van der Waals surface area (Å²) in [5, 5.41) is 2.20. The van der Waals surface area contributed by atoms with Gasteiger partial charge < -0.3 is 9.47 Å². The lowest BCUT2D eigenvalue weighted by Gasteiger charge is -2.29. The average molecular weight is 521 g/mol. The lowest BCUT2D eigenvalue weighted by Crippen LogP contribution is -2.37. The Hall–Kier alpha value is -3.55. The van der Waals surface area contributed by atoms with Gasteiger partial charge in [0.05, 0.1) is 30.6 Å². The second-order valence-corrected chi connectivity index (χ2v) is 9.42. The van der Waals surface area contributed by atoms with Crippen LogP contribution in [-0.4, -0.2) is 31.1 Å². The number of imide groups is 1. The molecular formula is C29H29ClN2O5. The molecule has 0 N–H and O–H groups in total. The molecule has 0 bridgehead atoms. The Labute approximate surface area is 221 Å². The van der Waals surface area contributed by atoms with Crippen molar-refractivity contribution < 1.29 is 23.9 Å². The summed E-state index contributed by atoms with van der Waals surface area (Å²) in [5.74, 6) is -0.215. The number of amides is 2. The smallest absolute Gasteiger partial charge is 0.266 e. The van der Waals surface area contributed by atoms with Gasteiger partial charge in [-0.2, -0.15) is 0 Å². The number of fused-ring (bicyclic) bond motifs is 1. The van der Waals surface area contributed by atoms with E-state index >= 15 is 0 Å². The number of hydrogen-bond acceptors (Lipinski definition) is 6. The molecule has 3 aromatic rings. The Kier molecular flexibility index (Phi) is 7.35. The molecule has 2 aliphatic heterocycles. The predicted molar refractivity (Wildman–Crippen MR) is 142 cm³/mol. The van der Waals surface area contributed by atoms with E-state index < -0.39 is 24.0 Å². The Bertz CT molecular complexity index is 1270. The second kappa shape index (κ2) is 10.8. The zero-order valence-electron chi connectivity index (χ0n) is 20.8. The zero-order chi connectivity index (χ0) is 25.9. The van der Waals surface area contributed by atoms with E-state index in [1.165, 1.54) is 4.90 Å². The van der Waals surface area contributed by atoms with Crippen LogP contribution in [0.25, 0.3) is 0 Å². The first-order valence-electron chi connectivity index (χ1n) is 12.6. The van der Waals surface area contributed by atoms with E-state index in [-0.39, 0.29) is 5.91 Å². The number of unbranched alkanes of at least 4 members (excludes halogenated alkanes) is 1. The third-order valence-electron chi connectivity index (χ3n) is 6.58. The molecule has 0 unspecified atom stereocenters. The standard InChI is InChI=1S/C29H29ClN2O5/c1-3-5-17-36-23-16-11-19(18-24(23)35-4-2)26-25-27(37-32(26)22-9-7-6-8-10-22)29(34)31(28(25)33)21-14-12-20(30)13-15-21/h6-16,18,25-27H,3-5,17H2,1-2H3/t25-,26+,27-/m0/s1. The van der Waals surface area contributed by atoms with E-state index in [0.717, 1.165) is 24.1 Å². The number of hydrogen-bond donors (Lipinski definition) is 0. The molecule has 2 amide bonds. The average Bonchev–Trinajstić information content (AvgIpc) is 3.42. The summed E-state index contributed by atoms with van der Waals surface area (Å²) < 4.78 is 11.9. The number of nitrogens with zero attached hydrogens (tertiary/aromatic N) is 2. The Balaban J connectivity index is 1.55. The molecule has 5 rings (SSSR count). The second-order valence-electron chi connectivity index (χ2n) is 8.99. The van der Waals surface area contributed by atoms with Crippen LogP contribution in [0.4, 0.5) is 11.4 Å². The number of hydroxylamine groups is 1. The number of carbonyl (C=O) groups is 2. The van der Waals surface area contributed by atoms with E-state index in [1.54, 1.807) is 29.3 Å². The molecule has 0 spiro atoms. The molecule has 0 aliphatic carbocycles. The quantitative estimate of drug-likeness (QED) is 0.256. The molecule has 3 atom stereocenters. The van der Waals surface area contributed by atoms with Gasteiger partial charge in [0.1, 0.15) is 5.92 Å². The number of rotatable bonds is 9. The lowest BCUT2D eigenvalue weighted by atomic mass is 9.90. The first kappa shape index (κ1) is 25.1. The summed E-state index contributed by atoms with van der Waals surface area (Å²) in [6.45, 7) is 5.08. The molecule has 2 saturated heterocycles. The van der Waals surface area contributed by atoms with Crippen molar-refractivity contribution >= 4 is 34.8 Å². The SMILES string of the molecule is CCCCOc1ccc([C@@H]2[C@@H]3C(=O)N(c4ccc(Cl)cc4)C(=O)[C@H]3ON2c2ccccc2)cc1OCC. The van der Waals surface area contributed by atoms with Crippen LogP contribution in [0.3, 0.4) is 0 Å². The van der Waals surface area contributed by atoms with Crippen LogP contribution in [-0.2, 0) is 14.4 Å². The fourth-order valence-corrected chi connectivity index (χ4v) is 4.95. The van der Waals surface area contributed by atoms with E-state index in [2.05, 4.69) is 6.92 Å². The molecule has 2 aliphatic rings. The summed E-state index contributed by atoms with van der Waals surface area (Å²) in [5.41, 5.74) is 2.01. The van der Waals surface area contributed by atoms with E-state index in [9.17, 15) is 9.59 Å². The number of benzene rings is 3. The molecule has 8 heteroatoms. The number of anilines is 2. The maximum absolute atomic E-state index is 13.8. The van der Waals surface area contributed by atoms with E-state index in [1.807, 2.05) is 55.5 Å². The maximum Gasteiger partial charge on any atom is 0.266 e. The fourth-order valence-electron chi connectivity index (χ4n) is 4.82. The summed E-state index contributed by atoms with van der Waals surface area (Å²) in [7, 11) is 0. The highest BCUT2D eigenvalue weighted by Gasteiger charge is 2.60. The van der Waals surface area contributed by atoms with Crippen molar-refractivity contribution in [3.8, 4) is 11.5 Å². The number of ether oxygens (including phenoxy) is 2. The summed E-state index contributed by atoms with van der Waals surface area (Å²) in [4.78, 5) is 34.7. The van der Waals surface area contributed by atoms with Crippen LogP contribution >= 0.6 is 11.6 Å². The van der Waals surface area contributed by atoms with Crippen molar-refractivity contribution in [2.75, 3.05) is 23.2 Å². The molecule has 0 saturated carbocycles. The Morgan fingerprint density at radius 2 is 1.62 bits per heavy atom.